The summed E-state index contributed by atoms with van der Waals surface area (Å²) < 4.78 is 20.0. The molecular formula is C12H11FN4O3. The monoisotopic (exact) mass is 278 g/mol. The molecule has 2 N–H and O–H groups in total. The van der Waals surface area contributed by atoms with Crippen LogP contribution >= 0.6 is 0 Å². The van der Waals surface area contributed by atoms with Crippen LogP contribution in [0.5, 0.6) is 0 Å². The van der Waals surface area contributed by atoms with Crippen molar-refractivity contribution in [2.75, 3.05) is 12.3 Å². The highest BCUT2D eigenvalue weighted by molar-refractivity contribution is 5.56. The van der Waals surface area contributed by atoms with E-state index in [0.717, 1.165) is 23.9 Å². The van der Waals surface area contributed by atoms with Gasteiger partial charge in [0.2, 0.25) is 0 Å². The molecule has 0 saturated carbocycles. The van der Waals surface area contributed by atoms with Crippen LogP contribution in [0.1, 0.15) is 11.3 Å². The summed E-state index contributed by atoms with van der Waals surface area (Å²) in [7, 11) is 0. The van der Waals surface area contributed by atoms with Crippen LogP contribution in [0.2, 0.25) is 0 Å². The third kappa shape index (κ3) is 1.90. The number of nitrogen functional groups attached to an aromatic ring is 1. The number of rotatable bonds is 2. The normalized spacial score (nSPS) is 14.1. The number of aromatic nitrogens is 2. The Morgan fingerprint density at radius 3 is 3.05 bits per heavy atom. The van der Waals surface area contributed by atoms with E-state index < -0.39 is 10.7 Å². The minimum Gasteiger partial charge on any atom is -0.382 e. The Bertz CT molecular complexity index is 698. The largest absolute Gasteiger partial charge is 0.382 e. The number of hydrogen-bond acceptors (Lipinski definition) is 5. The number of benzene rings is 1. The Hall–Kier alpha value is -2.48. The molecule has 7 nitrogen and oxygen atoms in total. The molecule has 0 aliphatic carbocycles. The molecule has 0 amide bonds. The first-order chi connectivity index (χ1) is 9.58. The van der Waals surface area contributed by atoms with E-state index in [4.69, 9.17) is 10.5 Å². The number of nitrogens with two attached hydrogens (primary N) is 1. The van der Waals surface area contributed by atoms with Gasteiger partial charge in [-0.05, 0) is 6.07 Å². The second-order valence-electron chi connectivity index (χ2n) is 4.42. The second kappa shape index (κ2) is 4.57. The number of anilines is 1. The number of hydrogen-bond donors (Lipinski definition) is 1. The average molecular weight is 278 g/mol. The lowest BCUT2D eigenvalue weighted by atomic mass is 10.1. The molecule has 3 rings (SSSR count). The van der Waals surface area contributed by atoms with Crippen molar-refractivity contribution < 1.29 is 14.1 Å². The van der Waals surface area contributed by atoms with Gasteiger partial charge in [0.1, 0.15) is 11.5 Å². The van der Waals surface area contributed by atoms with E-state index in [1.165, 1.54) is 4.68 Å². The summed E-state index contributed by atoms with van der Waals surface area (Å²) in [6.45, 7) is 0.783. The molecule has 0 unspecified atom stereocenters. The van der Waals surface area contributed by atoms with Crippen molar-refractivity contribution in [3.05, 3.63) is 45.4 Å². The summed E-state index contributed by atoms with van der Waals surface area (Å²) in [4.78, 5) is 10.5. The van der Waals surface area contributed by atoms with Gasteiger partial charge in [-0.1, -0.05) is 0 Å². The molecule has 0 radical (unpaired) electrons. The molecule has 2 heterocycles. The SMILES string of the molecule is Nc1nn(-c2cc(F)ccc2[N+](=O)[O-])c2c1COCC2. The van der Waals surface area contributed by atoms with E-state index in [2.05, 4.69) is 5.10 Å². The molecule has 0 atom stereocenters. The lowest BCUT2D eigenvalue weighted by Gasteiger charge is -2.14. The standard InChI is InChI=1S/C12H11FN4O3/c13-7-1-2-10(17(18)19)11(5-7)16-9-3-4-20-6-8(9)12(14)15-16/h1-2,5H,3-4,6H2,(H2,14,15). The van der Waals surface area contributed by atoms with Crippen molar-refractivity contribution >= 4 is 11.5 Å². The quantitative estimate of drug-likeness (QED) is 0.664. The van der Waals surface area contributed by atoms with Gasteiger partial charge in [0, 0.05) is 24.1 Å². The van der Waals surface area contributed by atoms with Crippen LogP contribution in [0, 0.1) is 15.9 Å². The highest BCUT2D eigenvalue weighted by atomic mass is 19.1. The summed E-state index contributed by atoms with van der Waals surface area (Å²) >= 11 is 0. The predicted molar refractivity (Wildman–Crippen MR) is 67.9 cm³/mol. The smallest absolute Gasteiger partial charge is 0.295 e. The maximum Gasteiger partial charge on any atom is 0.295 e. The van der Waals surface area contributed by atoms with Crippen molar-refractivity contribution in [3.8, 4) is 5.69 Å². The molecule has 0 spiro atoms. The fourth-order valence-corrected chi connectivity index (χ4v) is 2.28. The Balaban J connectivity index is 2.23. The molecular weight excluding hydrogens is 267 g/mol. The van der Waals surface area contributed by atoms with Crippen molar-refractivity contribution in [1.29, 1.82) is 0 Å². The molecule has 20 heavy (non-hydrogen) atoms. The lowest BCUT2D eigenvalue weighted by Crippen LogP contribution is -2.14. The van der Waals surface area contributed by atoms with Crippen LogP contribution in [0.25, 0.3) is 5.69 Å². The highest BCUT2D eigenvalue weighted by Gasteiger charge is 2.25. The molecule has 1 aliphatic rings. The summed E-state index contributed by atoms with van der Waals surface area (Å²) in [6, 6.07) is 3.25. The summed E-state index contributed by atoms with van der Waals surface area (Å²) in [6.07, 6.45) is 0.521. The van der Waals surface area contributed by atoms with E-state index in [1.807, 2.05) is 0 Å². The molecule has 0 bridgehead atoms. The number of fused-ring (bicyclic) bond motifs is 1. The minimum absolute atomic E-state index is 0.0739. The Labute approximate surface area is 112 Å². The summed E-state index contributed by atoms with van der Waals surface area (Å²) in [5, 5.41) is 15.2. The highest BCUT2D eigenvalue weighted by Crippen LogP contribution is 2.30. The fourth-order valence-electron chi connectivity index (χ4n) is 2.28. The van der Waals surface area contributed by atoms with Gasteiger partial charge in [0.15, 0.2) is 5.82 Å². The van der Waals surface area contributed by atoms with Gasteiger partial charge in [-0.15, -0.1) is 5.10 Å². The molecule has 1 aliphatic heterocycles. The van der Waals surface area contributed by atoms with Crippen LogP contribution in [-0.2, 0) is 17.8 Å². The fraction of sp³-hybridized carbons (Fsp3) is 0.250. The molecule has 0 saturated heterocycles. The average Bonchev–Trinajstić information content (AvgIpc) is 2.76. The van der Waals surface area contributed by atoms with Gasteiger partial charge in [-0.3, -0.25) is 10.1 Å². The maximum absolute atomic E-state index is 13.4. The summed E-state index contributed by atoms with van der Waals surface area (Å²) in [5.74, 6) is -0.321. The molecule has 0 fully saturated rings. The van der Waals surface area contributed by atoms with Crippen molar-refractivity contribution in [2.24, 2.45) is 0 Å². The minimum atomic E-state index is -0.571. The van der Waals surface area contributed by atoms with Gasteiger partial charge in [0.05, 0.1) is 23.8 Å². The van der Waals surface area contributed by atoms with Gasteiger partial charge < -0.3 is 10.5 Å². The molecule has 1 aromatic carbocycles. The first-order valence-electron chi connectivity index (χ1n) is 5.96. The third-order valence-electron chi connectivity index (χ3n) is 3.21. The number of halogens is 1. The van der Waals surface area contributed by atoms with E-state index in [9.17, 15) is 14.5 Å². The van der Waals surface area contributed by atoms with Gasteiger partial charge >= 0.3 is 0 Å². The number of nitro groups is 1. The van der Waals surface area contributed by atoms with E-state index in [1.54, 1.807) is 0 Å². The Morgan fingerprint density at radius 1 is 1.50 bits per heavy atom. The topological polar surface area (TPSA) is 96.2 Å². The van der Waals surface area contributed by atoms with Crippen LogP contribution in [0.3, 0.4) is 0 Å². The zero-order valence-corrected chi connectivity index (χ0v) is 10.4. The van der Waals surface area contributed by atoms with Gasteiger partial charge in [0.25, 0.3) is 5.69 Å². The number of nitrogens with zero attached hydrogens (tertiary/aromatic N) is 3. The van der Waals surface area contributed by atoms with Crippen LogP contribution in [-0.4, -0.2) is 21.3 Å². The lowest BCUT2D eigenvalue weighted by molar-refractivity contribution is -0.384. The van der Waals surface area contributed by atoms with Gasteiger partial charge in [-0.2, -0.15) is 0 Å². The van der Waals surface area contributed by atoms with Crippen LogP contribution in [0.15, 0.2) is 18.2 Å². The van der Waals surface area contributed by atoms with E-state index >= 15 is 0 Å². The molecule has 1 aromatic heterocycles. The zero-order chi connectivity index (χ0) is 14.3. The summed E-state index contributed by atoms with van der Waals surface area (Å²) in [5.41, 5.74) is 7.07. The maximum atomic E-state index is 13.4. The first kappa shape index (κ1) is 12.5. The number of ether oxygens (including phenoxy) is 1. The number of nitro benzene ring substituents is 1. The van der Waals surface area contributed by atoms with Gasteiger partial charge in [-0.25, -0.2) is 9.07 Å². The van der Waals surface area contributed by atoms with Crippen LogP contribution < -0.4 is 5.73 Å². The van der Waals surface area contributed by atoms with Crippen molar-refractivity contribution in [2.45, 2.75) is 13.0 Å². The molecule has 8 heteroatoms. The zero-order valence-electron chi connectivity index (χ0n) is 10.4. The van der Waals surface area contributed by atoms with Crippen molar-refractivity contribution in [3.63, 3.8) is 0 Å². The molecule has 2 aromatic rings. The Kier molecular flexibility index (Phi) is 2.87. The van der Waals surface area contributed by atoms with E-state index in [0.29, 0.717) is 25.2 Å². The Morgan fingerprint density at radius 2 is 2.30 bits per heavy atom. The van der Waals surface area contributed by atoms with E-state index in [-0.39, 0.29) is 17.2 Å². The van der Waals surface area contributed by atoms with Crippen LogP contribution in [0.4, 0.5) is 15.9 Å². The second-order valence-corrected chi connectivity index (χ2v) is 4.42. The first-order valence-corrected chi connectivity index (χ1v) is 5.96. The third-order valence-corrected chi connectivity index (χ3v) is 3.21. The predicted octanol–water partition coefficient (Wildman–Crippen LogP) is 1.57. The van der Waals surface area contributed by atoms with Crippen molar-refractivity contribution in [1.82, 2.24) is 9.78 Å². The molecule has 104 valence electrons.